The van der Waals surface area contributed by atoms with Crippen LogP contribution in [0.15, 0.2) is 36.4 Å². The van der Waals surface area contributed by atoms with E-state index in [0.29, 0.717) is 17.3 Å². The van der Waals surface area contributed by atoms with Crippen LogP contribution in [-0.2, 0) is 0 Å². The molecular formula is C20H26N4O2. The average Bonchev–Trinajstić information content (AvgIpc) is 2.63. The largest absolute Gasteiger partial charge is 0.491 e. The highest BCUT2D eigenvalue weighted by Crippen LogP contribution is 2.21. The van der Waals surface area contributed by atoms with Crippen molar-refractivity contribution in [1.82, 2.24) is 10.2 Å². The predicted molar refractivity (Wildman–Crippen MR) is 103 cm³/mol. The highest BCUT2D eigenvalue weighted by molar-refractivity contribution is 6.02. The Labute approximate surface area is 154 Å². The molecule has 0 aliphatic carbocycles. The summed E-state index contributed by atoms with van der Waals surface area (Å²) in [6.07, 6.45) is 2.54. The lowest BCUT2D eigenvalue weighted by Gasteiger charge is -2.31. The molecule has 6 heteroatoms. The number of hydrogen-bond acceptors (Lipinski definition) is 5. The van der Waals surface area contributed by atoms with Crippen molar-refractivity contribution in [2.75, 3.05) is 23.3 Å². The van der Waals surface area contributed by atoms with E-state index in [0.717, 1.165) is 24.7 Å². The lowest BCUT2D eigenvalue weighted by atomic mass is 10.0. The van der Waals surface area contributed by atoms with Crippen LogP contribution in [0.4, 0.5) is 11.5 Å². The number of carbonyl (C=O) groups excluding carboxylic acids is 1. The van der Waals surface area contributed by atoms with Gasteiger partial charge in [0.25, 0.3) is 5.91 Å². The summed E-state index contributed by atoms with van der Waals surface area (Å²) < 4.78 is 5.60. The van der Waals surface area contributed by atoms with E-state index < -0.39 is 0 Å². The Morgan fingerprint density at radius 2 is 1.96 bits per heavy atom. The van der Waals surface area contributed by atoms with E-state index in [1.165, 1.54) is 12.8 Å². The van der Waals surface area contributed by atoms with Crippen LogP contribution < -0.4 is 15.0 Å². The molecule has 1 aromatic carbocycles. The van der Waals surface area contributed by atoms with Gasteiger partial charge >= 0.3 is 0 Å². The standard InChI is InChI=1S/C20H26N4O2/c1-14(2)26-17-8-6-16(7-9-17)21-20(25)18-10-11-19(23-22-18)24-12-4-5-15(3)13-24/h6-11,14-15H,4-5,12-13H2,1-3H3,(H,21,25). The van der Waals surface area contributed by atoms with Crippen LogP contribution in [0.25, 0.3) is 0 Å². The van der Waals surface area contributed by atoms with Gasteiger partial charge in [0.2, 0.25) is 0 Å². The summed E-state index contributed by atoms with van der Waals surface area (Å²) in [6, 6.07) is 10.9. The van der Waals surface area contributed by atoms with Gasteiger partial charge in [-0.2, -0.15) is 0 Å². The maximum Gasteiger partial charge on any atom is 0.276 e. The van der Waals surface area contributed by atoms with Gasteiger partial charge in [0.05, 0.1) is 6.10 Å². The molecule has 1 unspecified atom stereocenters. The molecule has 0 bridgehead atoms. The van der Waals surface area contributed by atoms with E-state index >= 15 is 0 Å². The number of nitrogens with zero attached hydrogens (tertiary/aromatic N) is 3. The quantitative estimate of drug-likeness (QED) is 0.886. The number of hydrogen-bond donors (Lipinski definition) is 1. The van der Waals surface area contributed by atoms with Crippen molar-refractivity contribution in [3.8, 4) is 5.75 Å². The van der Waals surface area contributed by atoms with Gasteiger partial charge in [0.15, 0.2) is 11.5 Å². The molecule has 138 valence electrons. The van der Waals surface area contributed by atoms with Gasteiger partial charge in [-0.1, -0.05) is 6.92 Å². The molecule has 0 radical (unpaired) electrons. The first-order valence-corrected chi connectivity index (χ1v) is 9.18. The molecule has 0 spiro atoms. The highest BCUT2D eigenvalue weighted by Gasteiger charge is 2.18. The summed E-state index contributed by atoms with van der Waals surface area (Å²) in [5.74, 6) is 2.01. The van der Waals surface area contributed by atoms with Crippen LogP contribution >= 0.6 is 0 Å². The molecule has 1 aliphatic rings. The molecule has 1 aliphatic heterocycles. The van der Waals surface area contributed by atoms with E-state index in [9.17, 15) is 4.79 Å². The first kappa shape index (κ1) is 18.2. The van der Waals surface area contributed by atoms with Crippen molar-refractivity contribution < 1.29 is 9.53 Å². The van der Waals surface area contributed by atoms with Crippen molar-refractivity contribution in [2.24, 2.45) is 5.92 Å². The summed E-state index contributed by atoms with van der Waals surface area (Å²) in [7, 11) is 0. The summed E-state index contributed by atoms with van der Waals surface area (Å²) in [6.45, 7) is 8.18. The second-order valence-electron chi connectivity index (χ2n) is 7.12. The molecule has 1 atom stereocenters. The third-order valence-corrected chi connectivity index (χ3v) is 4.35. The second kappa shape index (κ2) is 8.17. The van der Waals surface area contributed by atoms with Crippen LogP contribution in [0, 0.1) is 5.92 Å². The van der Waals surface area contributed by atoms with Crippen LogP contribution in [0.5, 0.6) is 5.75 Å². The lowest BCUT2D eigenvalue weighted by molar-refractivity contribution is 0.102. The van der Waals surface area contributed by atoms with E-state index in [1.807, 2.05) is 44.2 Å². The van der Waals surface area contributed by atoms with E-state index in [1.54, 1.807) is 6.07 Å². The molecular weight excluding hydrogens is 328 g/mol. The maximum absolute atomic E-state index is 12.4. The summed E-state index contributed by atoms with van der Waals surface area (Å²) >= 11 is 0. The fourth-order valence-corrected chi connectivity index (χ4v) is 3.10. The smallest absolute Gasteiger partial charge is 0.276 e. The SMILES string of the molecule is CC1CCCN(c2ccc(C(=O)Nc3ccc(OC(C)C)cc3)nn2)C1. The number of piperidine rings is 1. The zero-order chi connectivity index (χ0) is 18.5. The lowest BCUT2D eigenvalue weighted by Crippen LogP contribution is -2.35. The number of nitrogens with one attached hydrogen (secondary N) is 1. The molecule has 1 saturated heterocycles. The monoisotopic (exact) mass is 354 g/mol. The van der Waals surface area contributed by atoms with Gasteiger partial charge in [-0.25, -0.2) is 0 Å². The van der Waals surface area contributed by atoms with Crippen LogP contribution in [0.1, 0.15) is 44.1 Å². The Bertz CT molecular complexity index is 728. The molecule has 26 heavy (non-hydrogen) atoms. The van der Waals surface area contributed by atoms with E-state index in [-0.39, 0.29) is 12.0 Å². The molecule has 1 aromatic heterocycles. The minimum Gasteiger partial charge on any atom is -0.491 e. The third kappa shape index (κ3) is 4.71. The minimum absolute atomic E-state index is 0.118. The maximum atomic E-state index is 12.4. The third-order valence-electron chi connectivity index (χ3n) is 4.35. The molecule has 6 nitrogen and oxygen atoms in total. The van der Waals surface area contributed by atoms with Crippen molar-refractivity contribution in [2.45, 2.75) is 39.7 Å². The second-order valence-corrected chi connectivity index (χ2v) is 7.12. The van der Waals surface area contributed by atoms with Crippen LogP contribution in [-0.4, -0.2) is 35.3 Å². The molecule has 1 amide bonds. The fraction of sp³-hybridized carbons (Fsp3) is 0.450. The van der Waals surface area contributed by atoms with Crippen molar-refractivity contribution in [3.05, 3.63) is 42.1 Å². The van der Waals surface area contributed by atoms with Gasteiger partial charge in [-0.05, 0) is 69.0 Å². The number of anilines is 2. The van der Waals surface area contributed by atoms with Crippen LogP contribution in [0.2, 0.25) is 0 Å². The van der Waals surface area contributed by atoms with E-state index in [2.05, 4.69) is 27.3 Å². The first-order chi connectivity index (χ1) is 12.5. The van der Waals surface area contributed by atoms with Gasteiger partial charge in [-0.3, -0.25) is 4.79 Å². The van der Waals surface area contributed by atoms with Crippen molar-refractivity contribution in [1.29, 1.82) is 0 Å². The molecule has 2 heterocycles. The number of aromatic nitrogens is 2. The zero-order valence-electron chi connectivity index (χ0n) is 15.6. The summed E-state index contributed by atoms with van der Waals surface area (Å²) in [5, 5.41) is 11.2. The predicted octanol–water partition coefficient (Wildman–Crippen LogP) is 3.75. The normalized spacial score (nSPS) is 17.2. The Balaban J connectivity index is 1.61. The molecule has 1 N–H and O–H groups in total. The number of amides is 1. The van der Waals surface area contributed by atoms with Crippen molar-refractivity contribution >= 4 is 17.4 Å². The van der Waals surface area contributed by atoms with Gasteiger partial charge in [-0.15, -0.1) is 10.2 Å². The molecule has 1 fully saturated rings. The van der Waals surface area contributed by atoms with Gasteiger partial charge in [0, 0.05) is 18.8 Å². The fourth-order valence-electron chi connectivity index (χ4n) is 3.10. The summed E-state index contributed by atoms with van der Waals surface area (Å²) in [5.41, 5.74) is 1.00. The highest BCUT2D eigenvalue weighted by atomic mass is 16.5. The molecule has 3 rings (SSSR count). The Kier molecular flexibility index (Phi) is 5.71. The zero-order valence-corrected chi connectivity index (χ0v) is 15.6. The average molecular weight is 354 g/mol. The number of ether oxygens (including phenoxy) is 1. The Hall–Kier alpha value is -2.63. The number of carbonyl (C=O) groups is 1. The van der Waals surface area contributed by atoms with Gasteiger partial charge < -0.3 is 15.0 Å². The van der Waals surface area contributed by atoms with Crippen molar-refractivity contribution in [3.63, 3.8) is 0 Å². The minimum atomic E-state index is -0.270. The topological polar surface area (TPSA) is 67.4 Å². The molecule has 0 saturated carbocycles. The van der Waals surface area contributed by atoms with Crippen LogP contribution in [0.3, 0.4) is 0 Å². The Morgan fingerprint density at radius 3 is 2.58 bits per heavy atom. The summed E-state index contributed by atoms with van der Waals surface area (Å²) in [4.78, 5) is 14.6. The van der Waals surface area contributed by atoms with Gasteiger partial charge in [0.1, 0.15) is 5.75 Å². The molecule has 2 aromatic rings. The van der Waals surface area contributed by atoms with E-state index in [4.69, 9.17) is 4.74 Å². The number of benzene rings is 1. The Morgan fingerprint density at radius 1 is 1.19 bits per heavy atom. The first-order valence-electron chi connectivity index (χ1n) is 9.18. The number of rotatable bonds is 5.